The van der Waals surface area contributed by atoms with E-state index in [9.17, 15) is 5.21 Å². The van der Waals surface area contributed by atoms with Gasteiger partial charge in [0.1, 0.15) is 0 Å². The topological polar surface area (TPSA) is 23.1 Å². The molecule has 0 heterocycles. The molecule has 0 fully saturated rings. The van der Waals surface area contributed by atoms with Crippen LogP contribution in [-0.4, -0.2) is 6.54 Å². The monoisotopic (exact) mass is 384 g/mol. The summed E-state index contributed by atoms with van der Waals surface area (Å²) in [6.07, 6.45) is 0.832. The highest BCUT2D eigenvalue weighted by molar-refractivity contribution is 9.11. The molecule has 0 spiro atoms. The molecule has 1 aromatic carbocycles. The molecule has 0 N–H and O–H groups in total. The van der Waals surface area contributed by atoms with Gasteiger partial charge in [0.2, 0.25) is 0 Å². The van der Waals surface area contributed by atoms with Crippen LogP contribution in [0.3, 0.4) is 0 Å². The van der Waals surface area contributed by atoms with E-state index in [-0.39, 0.29) is 0 Å². The van der Waals surface area contributed by atoms with Crippen LogP contribution in [0.5, 0.6) is 0 Å². The maximum Gasteiger partial charge on any atom is 0.0952 e. The summed E-state index contributed by atoms with van der Waals surface area (Å²) in [5.74, 6) is 0. The van der Waals surface area contributed by atoms with Crippen LogP contribution in [0.25, 0.3) is 0 Å². The van der Waals surface area contributed by atoms with Gasteiger partial charge < -0.3 is 0 Å². The van der Waals surface area contributed by atoms with Crippen LogP contribution >= 0.6 is 47.8 Å². The van der Waals surface area contributed by atoms with E-state index < -0.39 is 0 Å². The number of hydroxylamine groups is 1. The van der Waals surface area contributed by atoms with Crippen LogP contribution in [0.2, 0.25) is 0 Å². The molecule has 77 valence electrons. The van der Waals surface area contributed by atoms with Gasteiger partial charge in [-0.3, -0.25) is 0 Å². The van der Waals surface area contributed by atoms with Crippen LogP contribution < -0.4 is 5.06 Å². The minimum absolute atomic E-state index is 0.499. The first-order valence-electron chi connectivity index (χ1n) is 4.15. The van der Waals surface area contributed by atoms with Crippen molar-refractivity contribution in [2.24, 2.45) is 0 Å². The Morgan fingerprint density at radius 3 is 2.14 bits per heavy atom. The fourth-order valence-corrected chi connectivity index (χ4v) is 3.74. The Kier molecular flexibility index (Phi) is 4.90. The summed E-state index contributed by atoms with van der Waals surface area (Å²) in [4.78, 5) is 0. The van der Waals surface area contributed by atoms with E-state index >= 15 is 0 Å². The number of anilines is 1. The zero-order valence-electron chi connectivity index (χ0n) is 7.56. The number of nitrogens with zero attached hydrogens (tertiary/aromatic N) is 1. The predicted octanol–water partition coefficient (Wildman–Crippen LogP) is 4.54. The van der Waals surface area contributed by atoms with Crippen molar-refractivity contribution in [1.29, 1.82) is 0 Å². The quantitative estimate of drug-likeness (QED) is 0.699. The fourth-order valence-electron chi connectivity index (χ4n) is 1.09. The molecule has 0 aliphatic carbocycles. The SMILES string of the molecule is CCCN([O])c1c(Br)cc(Br)cc1Br. The second-order valence-electron chi connectivity index (χ2n) is 2.82. The molecule has 0 saturated carbocycles. The van der Waals surface area contributed by atoms with E-state index in [0.717, 1.165) is 24.9 Å². The molecule has 0 unspecified atom stereocenters. The number of benzene rings is 1. The van der Waals surface area contributed by atoms with Crippen LogP contribution in [0.4, 0.5) is 5.69 Å². The third kappa shape index (κ3) is 2.95. The molecule has 0 saturated heterocycles. The van der Waals surface area contributed by atoms with Gasteiger partial charge in [-0.25, -0.2) is 5.06 Å². The summed E-state index contributed by atoms with van der Waals surface area (Å²) in [6, 6.07) is 3.72. The number of hydrogen-bond acceptors (Lipinski definition) is 1. The summed E-state index contributed by atoms with van der Waals surface area (Å²) in [5, 5.41) is 12.6. The molecule has 14 heavy (non-hydrogen) atoms. The standard InChI is InChI=1S/C9H9Br3NO/c1-2-3-13(14)9-7(11)4-6(10)5-8(9)12/h4-5H,2-3H2,1H3. The van der Waals surface area contributed by atoms with Gasteiger partial charge in [0.15, 0.2) is 0 Å². The maximum atomic E-state index is 11.6. The average molecular weight is 387 g/mol. The molecule has 0 aliphatic heterocycles. The zero-order chi connectivity index (χ0) is 10.7. The van der Waals surface area contributed by atoms with E-state index in [2.05, 4.69) is 47.8 Å². The van der Waals surface area contributed by atoms with Crippen molar-refractivity contribution < 1.29 is 5.21 Å². The van der Waals surface area contributed by atoms with Crippen LogP contribution in [0.15, 0.2) is 25.6 Å². The zero-order valence-corrected chi connectivity index (χ0v) is 12.3. The second kappa shape index (κ2) is 5.49. The molecule has 0 amide bonds. The average Bonchev–Trinajstić information content (AvgIpc) is 2.01. The molecular formula is C9H9Br3NO. The van der Waals surface area contributed by atoms with Crippen molar-refractivity contribution in [3.05, 3.63) is 25.6 Å². The van der Waals surface area contributed by atoms with E-state index in [1.165, 1.54) is 0 Å². The molecular weight excluding hydrogens is 378 g/mol. The largest absolute Gasteiger partial charge is 0.218 e. The van der Waals surface area contributed by atoms with Gasteiger partial charge in [-0.1, -0.05) is 28.1 Å². The minimum Gasteiger partial charge on any atom is -0.218 e. The summed E-state index contributed by atoms with van der Waals surface area (Å²) >= 11 is 10.1. The van der Waals surface area contributed by atoms with Crippen molar-refractivity contribution in [2.45, 2.75) is 13.3 Å². The Morgan fingerprint density at radius 2 is 1.71 bits per heavy atom. The Hall–Kier alpha value is 0.420. The molecule has 2 nitrogen and oxygen atoms in total. The van der Waals surface area contributed by atoms with Crippen molar-refractivity contribution in [3.63, 3.8) is 0 Å². The van der Waals surface area contributed by atoms with Gasteiger partial charge in [-0.15, -0.1) is 0 Å². The van der Waals surface area contributed by atoms with Crippen molar-refractivity contribution in [3.8, 4) is 0 Å². The van der Waals surface area contributed by atoms with Crippen LogP contribution in [0, 0.1) is 0 Å². The first-order valence-corrected chi connectivity index (χ1v) is 6.53. The van der Waals surface area contributed by atoms with Gasteiger partial charge in [0, 0.05) is 20.0 Å². The highest BCUT2D eigenvalue weighted by atomic mass is 79.9. The van der Waals surface area contributed by atoms with E-state index in [0.29, 0.717) is 12.2 Å². The number of halogens is 3. The third-order valence-electron chi connectivity index (χ3n) is 1.66. The van der Waals surface area contributed by atoms with Crippen molar-refractivity contribution in [2.75, 3.05) is 11.6 Å². The fraction of sp³-hybridized carbons (Fsp3) is 0.333. The van der Waals surface area contributed by atoms with Gasteiger partial charge in [-0.05, 0) is 50.4 Å². The first-order chi connectivity index (χ1) is 6.56. The van der Waals surface area contributed by atoms with E-state index in [4.69, 9.17) is 0 Å². The molecule has 1 rings (SSSR count). The second-order valence-corrected chi connectivity index (χ2v) is 5.44. The van der Waals surface area contributed by atoms with Gasteiger partial charge in [-0.2, -0.15) is 0 Å². The highest BCUT2D eigenvalue weighted by Crippen LogP contribution is 2.36. The number of rotatable bonds is 3. The predicted molar refractivity (Wildman–Crippen MR) is 67.9 cm³/mol. The Morgan fingerprint density at radius 1 is 1.21 bits per heavy atom. The summed E-state index contributed by atoms with van der Waals surface area (Å²) < 4.78 is 2.52. The summed E-state index contributed by atoms with van der Waals surface area (Å²) in [5.41, 5.74) is 0.648. The Labute approximate surface area is 109 Å². The van der Waals surface area contributed by atoms with Gasteiger partial charge in [0.05, 0.1) is 5.69 Å². The lowest BCUT2D eigenvalue weighted by Gasteiger charge is -2.16. The molecule has 0 atom stereocenters. The Balaban J connectivity index is 3.07. The Bertz CT molecular complexity index is 307. The third-order valence-corrected chi connectivity index (χ3v) is 3.32. The summed E-state index contributed by atoms with van der Waals surface area (Å²) in [7, 11) is 0. The smallest absolute Gasteiger partial charge is 0.0952 e. The van der Waals surface area contributed by atoms with Crippen molar-refractivity contribution in [1.82, 2.24) is 0 Å². The van der Waals surface area contributed by atoms with Gasteiger partial charge in [0.25, 0.3) is 0 Å². The lowest BCUT2D eigenvalue weighted by Crippen LogP contribution is -2.17. The first kappa shape index (κ1) is 12.5. The summed E-state index contributed by atoms with van der Waals surface area (Å²) in [6.45, 7) is 2.48. The van der Waals surface area contributed by atoms with Crippen LogP contribution in [0.1, 0.15) is 13.3 Å². The molecule has 1 radical (unpaired) electrons. The minimum atomic E-state index is 0.499. The molecule has 0 aliphatic rings. The van der Waals surface area contributed by atoms with Gasteiger partial charge >= 0.3 is 0 Å². The van der Waals surface area contributed by atoms with Crippen LogP contribution in [-0.2, 0) is 5.21 Å². The lowest BCUT2D eigenvalue weighted by atomic mass is 10.3. The number of hydrogen-bond donors (Lipinski definition) is 0. The molecule has 0 bridgehead atoms. The van der Waals surface area contributed by atoms with Crippen molar-refractivity contribution >= 4 is 53.5 Å². The highest BCUT2D eigenvalue weighted by Gasteiger charge is 2.13. The van der Waals surface area contributed by atoms with E-state index in [1.807, 2.05) is 19.1 Å². The van der Waals surface area contributed by atoms with E-state index in [1.54, 1.807) is 0 Å². The maximum absolute atomic E-state index is 11.6. The molecule has 5 heteroatoms. The molecule has 1 aromatic rings. The lowest BCUT2D eigenvalue weighted by molar-refractivity contribution is 0.157. The normalized spacial score (nSPS) is 10.4. The molecule has 0 aromatic heterocycles.